The Hall–Kier alpha value is -1.59. The molecule has 0 radical (unpaired) electrons. The van der Waals surface area contributed by atoms with E-state index in [2.05, 4.69) is 32.6 Å². The smallest absolute Gasteiger partial charge is 0.191 e. The molecule has 0 aliphatic heterocycles. The Balaban J connectivity index is 1.65. The van der Waals surface area contributed by atoms with E-state index in [-0.39, 0.29) is 0 Å². The van der Waals surface area contributed by atoms with Crippen LogP contribution >= 0.6 is 0 Å². The molecule has 1 aliphatic rings. The van der Waals surface area contributed by atoms with Gasteiger partial charge in [-0.1, -0.05) is 38.5 Å². The summed E-state index contributed by atoms with van der Waals surface area (Å²) in [5.74, 6) is 2.74. The number of aliphatic imine (C=N–C) groups is 1. The second kappa shape index (κ2) is 9.43. The van der Waals surface area contributed by atoms with Crippen LogP contribution in [0.1, 0.15) is 57.7 Å². The quantitative estimate of drug-likeness (QED) is 0.439. The molecule has 2 rings (SSSR count). The Bertz CT molecular complexity index is 447. The van der Waals surface area contributed by atoms with Crippen LogP contribution in [0, 0.1) is 5.92 Å². The van der Waals surface area contributed by atoms with Gasteiger partial charge in [-0.25, -0.2) is 9.98 Å². The van der Waals surface area contributed by atoms with Crippen LogP contribution in [0.2, 0.25) is 0 Å². The lowest BCUT2D eigenvalue weighted by Crippen LogP contribution is -2.37. The molecule has 1 saturated carbocycles. The van der Waals surface area contributed by atoms with Gasteiger partial charge in [-0.3, -0.25) is 4.68 Å². The molecule has 1 aromatic heterocycles. The molecular formula is C16H30N6. The summed E-state index contributed by atoms with van der Waals surface area (Å²) in [4.78, 5) is 8.75. The highest BCUT2D eigenvalue weighted by atomic mass is 15.3. The Labute approximate surface area is 133 Å². The Kier molecular flexibility index (Phi) is 7.19. The minimum Gasteiger partial charge on any atom is -0.357 e. The van der Waals surface area contributed by atoms with Crippen LogP contribution in [0.3, 0.4) is 0 Å². The fourth-order valence-corrected chi connectivity index (χ4v) is 3.02. The molecule has 1 heterocycles. The highest BCUT2D eigenvalue weighted by Crippen LogP contribution is 2.28. The monoisotopic (exact) mass is 306 g/mol. The van der Waals surface area contributed by atoms with E-state index in [1.54, 1.807) is 11.0 Å². The number of unbranched alkanes of at least 4 members (excludes halogenated alkanes) is 1. The number of aryl methyl sites for hydroxylation is 1. The zero-order valence-electron chi connectivity index (χ0n) is 14.0. The molecule has 0 unspecified atom stereocenters. The van der Waals surface area contributed by atoms with E-state index >= 15 is 0 Å². The fraction of sp³-hybridized carbons (Fsp3) is 0.812. The summed E-state index contributed by atoms with van der Waals surface area (Å²) in [6.07, 6.45) is 11.3. The molecule has 2 N–H and O–H groups in total. The van der Waals surface area contributed by atoms with Crippen LogP contribution in [0.15, 0.2) is 11.3 Å². The summed E-state index contributed by atoms with van der Waals surface area (Å²) >= 11 is 0. The fourth-order valence-electron chi connectivity index (χ4n) is 3.02. The minimum atomic E-state index is 0.550. The predicted octanol–water partition coefficient (Wildman–Crippen LogP) is 2.23. The highest BCUT2D eigenvalue weighted by Gasteiger charge is 2.13. The number of nitrogens with zero attached hydrogens (tertiary/aromatic N) is 4. The van der Waals surface area contributed by atoms with Crippen molar-refractivity contribution in [3.8, 4) is 0 Å². The SMILES string of the molecule is CCNC(=NCc1ncnn1C)NCCCCC1CCCC1. The van der Waals surface area contributed by atoms with E-state index in [4.69, 9.17) is 0 Å². The van der Waals surface area contributed by atoms with Gasteiger partial charge < -0.3 is 10.6 Å². The van der Waals surface area contributed by atoms with Gasteiger partial charge in [0.2, 0.25) is 0 Å². The van der Waals surface area contributed by atoms with E-state index in [1.165, 1.54) is 44.9 Å². The first-order valence-corrected chi connectivity index (χ1v) is 8.64. The molecule has 6 heteroatoms. The summed E-state index contributed by atoms with van der Waals surface area (Å²) in [7, 11) is 1.89. The molecule has 1 aliphatic carbocycles. The van der Waals surface area contributed by atoms with Gasteiger partial charge in [-0.15, -0.1) is 0 Å². The van der Waals surface area contributed by atoms with E-state index in [9.17, 15) is 0 Å². The van der Waals surface area contributed by atoms with Crippen molar-refractivity contribution in [3.05, 3.63) is 12.2 Å². The second-order valence-corrected chi connectivity index (χ2v) is 6.07. The van der Waals surface area contributed by atoms with Crippen LogP contribution < -0.4 is 10.6 Å². The highest BCUT2D eigenvalue weighted by molar-refractivity contribution is 5.79. The van der Waals surface area contributed by atoms with Crippen molar-refractivity contribution in [2.24, 2.45) is 18.0 Å². The van der Waals surface area contributed by atoms with Gasteiger partial charge in [0, 0.05) is 20.1 Å². The third-order valence-electron chi connectivity index (χ3n) is 4.33. The van der Waals surface area contributed by atoms with Gasteiger partial charge in [0.05, 0.1) is 0 Å². The lowest BCUT2D eigenvalue weighted by Gasteiger charge is -2.12. The summed E-state index contributed by atoms with van der Waals surface area (Å²) < 4.78 is 1.76. The molecule has 0 atom stereocenters. The van der Waals surface area contributed by atoms with Crippen molar-refractivity contribution in [2.45, 2.75) is 58.4 Å². The van der Waals surface area contributed by atoms with Crippen LogP contribution in [-0.4, -0.2) is 33.8 Å². The molecule has 0 aromatic carbocycles. The molecule has 124 valence electrons. The van der Waals surface area contributed by atoms with Crippen molar-refractivity contribution in [1.29, 1.82) is 0 Å². The molecule has 0 amide bonds. The number of aromatic nitrogens is 3. The number of hydrogen-bond acceptors (Lipinski definition) is 3. The Morgan fingerprint density at radius 3 is 2.82 bits per heavy atom. The maximum absolute atomic E-state index is 4.56. The van der Waals surface area contributed by atoms with Crippen molar-refractivity contribution in [2.75, 3.05) is 13.1 Å². The zero-order chi connectivity index (χ0) is 15.6. The van der Waals surface area contributed by atoms with E-state index in [0.29, 0.717) is 6.54 Å². The van der Waals surface area contributed by atoms with Gasteiger partial charge in [0.1, 0.15) is 18.7 Å². The third kappa shape index (κ3) is 5.66. The normalized spacial score (nSPS) is 16.2. The van der Waals surface area contributed by atoms with Gasteiger partial charge in [0.25, 0.3) is 0 Å². The zero-order valence-corrected chi connectivity index (χ0v) is 14.0. The average Bonchev–Trinajstić information content (AvgIpc) is 3.16. The van der Waals surface area contributed by atoms with Crippen LogP contribution in [0.25, 0.3) is 0 Å². The van der Waals surface area contributed by atoms with Crippen molar-refractivity contribution < 1.29 is 0 Å². The molecule has 0 spiro atoms. The van der Waals surface area contributed by atoms with Crippen LogP contribution in [-0.2, 0) is 13.6 Å². The average molecular weight is 306 g/mol. The van der Waals surface area contributed by atoms with Gasteiger partial charge >= 0.3 is 0 Å². The summed E-state index contributed by atoms with van der Waals surface area (Å²) in [5, 5.41) is 10.7. The third-order valence-corrected chi connectivity index (χ3v) is 4.33. The number of rotatable bonds is 8. The van der Waals surface area contributed by atoms with Crippen LogP contribution in [0.5, 0.6) is 0 Å². The maximum Gasteiger partial charge on any atom is 0.191 e. The van der Waals surface area contributed by atoms with Crippen molar-refractivity contribution >= 4 is 5.96 Å². The summed E-state index contributed by atoms with van der Waals surface area (Å²) in [6.45, 7) is 4.48. The standard InChI is InChI=1S/C16H30N6/c1-3-17-16(19-12-15-20-13-21-22(15)2)18-11-7-6-10-14-8-4-5-9-14/h13-14H,3-12H2,1-2H3,(H2,17,18,19). The number of nitrogens with one attached hydrogen (secondary N) is 2. The molecule has 1 aromatic rings. The first-order valence-electron chi connectivity index (χ1n) is 8.64. The maximum atomic E-state index is 4.56. The Morgan fingerprint density at radius 1 is 1.32 bits per heavy atom. The molecule has 6 nitrogen and oxygen atoms in total. The largest absolute Gasteiger partial charge is 0.357 e. The van der Waals surface area contributed by atoms with E-state index in [1.807, 2.05) is 7.05 Å². The lowest BCUT2D eigenvalue weighted by atomic mass is 10.0. The first-order chi connectivity index (χ1) is 10.8. The topological polar surface area (TPSA) is 67.1 Å². The first kappa shape index (κ1) is 16.8. The number of hydrogen-bond donors (Lipinski definition) is 2. The number of guanidine groups is 1. The molecule has 22 heavy (non-hydrogen) atoms. The van der Waals surface area contributed by atoms with Crippen molar-refractivity contribution in [3.63, 3.8) is 0 Å². The van der Waals surface area contributed by atoms with Gasteiger partial charge in [0.15, 0.2) is 5.96 Å². The minimum absolute atomic E-state index is 0.550. The summed E-state index contributed by atoms with van der Waals surface area (Å²) in [5.41, 5.74) is 0. The Morgan fingerprint density at radius 2 is 2.14 bits per heavy atom. The van der Waals surface area contributed by atoms with Crippen LogP contribution in [0.4, 0.5) is 0 Å². The van der Waals surface area contributed by atoms with Crippen molar-refractivity contribution in [1.82, 2.24) is 25.4 Å². The van der Waals surface area contributed by atoms with E-state index < -0.39 is 0 Å². The van der Waals surface area contributed by atoms with Gasteiger partial charge in [-0.05, 0) is 19.3 Å². The summed E-state index contributed by atoms with van der Waals surface area (Å²) in [6, 6.07) is 0. The molecule has 1 fully saturated rings. The van der Waals surface area contributed by atoms with Gasteiger partial charge in [-0.2, -0.15) is 5.10 Å². The van der Waals surface area contributed by atoms with E-state index in [0.717, 1.165) is 30.8 Å². The molecule has 0 saturated heterocycles. The second-order valence-electron chi connectivity index (χ2n) is 6.07. The molecular weight excluding hydrogens is 276 g/mol. The molecule has 0 bridgehead atoms. The lowest BCUT2D eigenvalue weighted by molar-refractivity contribution is 0.472. The predicted molar refractivity (Wildman–Crippen MR) is 89.6 cm³/mol.